The van der Waals surface area contributed by atoms with E-state index >= 15 is 0 Å². The molecule has 1 aliphatic heterocycles. The Morgan fingerprint density at radius 2 is 1.19 bits per heavy atom. The molecule has 18 rings (SSSR count). The van der Waals surface area contributed by atoms with Crippen molar-refractivity contribution in [2.45, 2.75) is 56.3 Å². The molecule has 11 aromatic rings. The molecule has 0 unspecified atom stereocenters. The number of anilines is 3. The summed E-state index contributed by atoms with van der Waals surface area (Å²) >= 11 is 0. The molecule has 0 fully saturated rings. The van der Waals surface area contributed by atoms with Crippen LogP contribution in [0.15, 0.2) is 212 Å². The fraction of sp³-hybridized carbons (Fsp3) is 0.130. The molecule has 0 N–H and O–H groups in total. The van der Waals surface area contributed by atoms with Gasteiger partial charge in [0.2, 0.25) is 0 Å². The minimum Gasteiger partial charge on any atom is -0.509 e. The van der Waals surface area contributed by atoms with Crippen LogP contribution in [0, 0.1) is 25.7 Å². The maximum atomic E-state index is 8.72. The minimum atomic E-state index is -2.41. The van der Waals surface area contributed by atoms with Crippen molar-refractivity contribution in [3.8, 4) is 28.4 Å². The Morgan fingerprint density at radius 3 is 1.88 bits per heavy atom. The Morgan fingerprint density at radius 1 is 0.587 bits per heavy atom. The number of aromatic nitrogens is 2. The van der Waals surface area contributed by atoms with Gasteiger partial charge in [0.15, 0.2) is 0 Å². The zero-order chi connectivity index (χ0) is 52.0. The van der Waals surface area contributed by atoms with Gasteiger partial charge in [-0.1, -0.05) is 178 Å². The van der Waals surface area contributed by atoms with Crippen LogP contribution in [0.5, 0.6) is 11.5 Å². The third kappa shape index (κ3) is 6.63. The zero-order valence-corrected chi connectivity index (χ0v) is 43.8. The SMILES string of the molecule is [2H]C([2H])([2H])c1cc(-n2c3[c-]c(Oc4[c-]c(N5[CH-]N(C67c8ccccc8C(c8ccccc86)C6c8ccccc8C7c7ccccc76)c6ccccc65)ccc4)ccc3c3ccccc32)ncc1-c1ccc(C(C)(C)C)cc1.[Pt]. The van der Waals surface area contributed by atoms with Gasteiger partial charge in [0, 0.05) is 83.1 Å². The summed E-state index contributed by atoms with van der Waals surface area (Å²) in [5.74, 6) is 1.73. The summed E-state index contributed by atoms with van der Waals surface area (Å²) < 4.78 is 34.9. The zero-order valence-electron chi connectivity index (χ0n) is 44.5. The summed E-state index contributed by atoms with van der Waals surface area (Å²) in [6, 6.07) is 80.8. The summed E-state index contributed by atoms with van der Waals surface area (Å²) in [5, 5.41) is 1.94. The average Bonchev–Trinajstić information content (AvgIpc) is 4.01. The van der Waals surface area contributed by atoms with Crippen LogP contribution < -0.4 is 14.5 Å². The summed E-state index contributed by atoms with van der Waals surface area (Å²) in [5.41, 5.74) is 17.6. The second kappa shape index (κ2) is 17.0. The van der Waals surface area contributed by atoms with Gasteiger partial charge in [-0.05, 0) is 103 Å². The molecule has 3 heterocycles. The van der Waals surface area contributed by atoms with E-state index in [0.717, 1.165) is 44.4 Å². The number of rotatable bonds is 6. The number of hydrogen-bond acceptors (Lipinski definition) is 4. The van der Waals surface area contributed by atoms with E-state index in [1.165, 1.54) is 50.1 Å². The van der Waals surface area contributed by atoms with E-state index in [9.17, 15) is 0 Å². The number of pyridine rings is 1. The topological polar surface area (TPSA) is 33.5 Å². The Hall–Kier alpha value is -7.98. The molecule has 9 aromatic carbocycles. The maximum Gasteiger partial charge on any atom is 0.135 e. The first-order valence-corrected chi connectivity index (χ1v) is 25.6. The fourth-order valence-electron chi connectivity index (χ4n) is 13.3. The van der Waals surface area contributed by atoms with Gasteiger partial charge in [0.05, 0.1) is 5.54 Å². The van der Waals surface area contributed by atoms with E-state index in [1.807, 2.05) is 59.2 Å². The molecule has 0 saturated carbocycles. The Balaban J connectivity index is 0.00000552. The maximum absolute atomic E-state index is 8.72. The number of fused-ring (bicyclic) bond motifs is 4. The Labute approximate surface area is 457 Å². The number of hydrogen-bond donors (Lipinski definition) is 0. The van der Waals surface area contributed by atoms with Gasteiger partial charge in [-0.15, -0.1) is 41.4 Å². The van der Waals surface area contributed by atoms with Gasteiger partial charge in [0.25, 0.3) is 0 Å². The molecule has 2 aromatic heterocycles. The molecule has 0 radical (unpaired) electrons. The molecule has 0 saturated heterocycles. The molecule has 75 heavy (non-hydrogen) atoms. The van der Waals surface area contributed by atoms with Gasteiger partial charge in [0.1, 0.15) is 5.82 Å². The predicted molar refractivity (Wildman–Crippen MR) is 299 cm³/mol. The average molecular weight is 1150 g/mol. The second-order valence-corrected chi connectivity index (χ2v) is 21.3. The fourth-order valence-corrected chi connectivity index (χ4v) is 13.3. The van der Waals surface area contributed by atoms with Crippen molar-refractivity contribution < 1.29 is 29.9 Å². The summed E-state index contributed by atoms with van der Waals surface area (Å²) in [7, 11) is 0. The van der Waals surface area contributed by atoms with Crippen molar-refractivity contribution in [2.24, 2.45) is 0 Å². The first kappa shape index (κ1) is 42.4. The molecular weight excluding hydrogens is 1100 g/mol. The molecule has 0 amide bonds. The van der Waals surface area contributed by atoms with Crippen molar-refractivity contribution in [1.82, 2.24) is 9.55 Å². The first-order valence-electron chi connectivity index (χ1n) is 27.1. The van der Waals surface area contributed by atoms with Crippen molar-refractivity contribution in [1.29, 1.82) is 0 Å². The van der Waals surface area contributed by atoms with Crippen LogP contribution in [0.3, 0.4) is 0 Å². The van der Waals surface area contributed by atoms with E-state index in [0.29, 0.717) is 22.9 Å². The van der Waals surface area contributed by atoms with E-state index in [2.05, 4.69) is 195 Å². The molecule has 5 nitrogen and oxygen atoms in total. The standard InChI is InChI=1S/C69H51N4O.Pt/c1-43-38-64(70-41-57(43)44-32-34-45(35-33-44)68(2,3)4)73-60-29-14-11-20-49(60)50-37-36-48(40-63(50)73)74-47-19-17-18-46(39-47)71-42-72(62-31-16-15-30-61(62)71)69-58-27-12-9-25-55(58)66(56-26-10-13-28-59(56)69)65-51-21-5-7-23-53(51)67(69)54-24-8-6-22-52(54)65;/h5-38,41-42,65-67H,1-4H3;/q-3;/i1D3;. The largest absolute Gasteiger partial charge is 0.509 e. The second-order valence-electron chi connectivity index (χ2n) is 21.3. The third-order valence-electron chi connectivity index (χ3n) is 16.4. The molecule has 6 heteroatoms. The van der Waals surface area contributed by atoms with Crippen molar-refractivity contribution in [2.75, 3.05) is 9.80 Å². The number of benzene rings is 9. The number of ether oxygens (including phenoxy) is 1. The van der Waals surface area contributed by atoms with E-state index in [4.69, 9.17) is 13.8 Å². The van der Waals surface area contributed by atoms with Crippen molar-refractivity contribution in [3.63, 3.8) is 0 Å². The normalized spacial score (nSPS) is 19.4. The van der Waals surface area contributed by atoms with Gasteiger partial charge >= 0.3 is 0 Å². The molecular formula is C69H51N4OPt-3. The van der Waals surface area contributed by atoms with Crippen LogP contribution >= 0.6 is 0 Å². The van der Waals surface area contributed by atoms with Gasteiger partial charge in [-0.3, -0.25) is 0 Å². The van der Waals surface area contributed by atoms with Crippen LogP contribution in [0.4, 0.5) is 17.1 Å². The first-order chi connectivity index (χ1) is 37.5. The van der Waals surface area contributed by atoms with Crippen molar-refractivity contribution >= 4 is 38.9 Å². The van der Waals surface area contributed by atoms with E-state index < -0.39 is 12.4 Å². The van der Waals surface area contributed by atoms with Gasteiger partial charge < -0.3 is 19.1 Å². The van der Waals surface area contributed by atoms with Crippen molar-refractivity contribution in [3.05, 3.63) is 287 Å². The molecule has 0 atom stereocenters. The minimum absolute atomic E-state index is 0. The monoisotopic (exact) mass is 1150 g/mol. The number of aryl methyl sites for hydroxylation is 1. The molecule has 0 spiro atoms. The van der Waals surface area contributed by atoms with E-state index in [1.54, 1.807) is 12.3 Å². The van der Waals surface area contributed by atoms with Crippen LogP contribution in [-0.2, 0) is 32.0 Å². The van der Waals surface area contributed by atoms with Crippen LogP contribution in [-0.4, -0.2) is 9.55 Å². The summed E-state index contributed by atoms with van der Waals surface area (Å²) in [6.45, 7) is 6.40. The molecule has 7 aliphatic rings. The number of nitrogens with zero attached hydrogens (tertiary/aromatic N) is 4. The molecule has 6 aliphatic carbocycles. The third-order valence-corrected chi connectivity index (χ3v) is 16.4. The summed E-state index contributed by atoms with van der Waals surface area (Å²) in [4.78, 5) is 9.82. The van der Waals surface area contributed by atoms with Crippen LogP contribution in [0.2, 0.25) is 0 Å². The predicted octanol–water partition coefficient (Wildman–Crippen LogP) is 16.6. The van der Waals surface area contributed by atoms with Crippen LogP contribution in [0.1, 0.15) is 98.3 Å². The molecule has 4 bridgehead atoms. The Kier molecular flexibility index (Phi) is 9.62. The van der Waals surface area contributed by atoms with Crippen LogP contribution in [0.25, 0.3) is 38.8 Å². The van der Waals surface area contributed by atoms with Gasteiger partial charge in [-0.25, -0.2) is 4.98 Å². The smallest absolute Gasteiger partial charge is 0.135 e. The number of para-hydroxylation sites is 3. The molecule has 366 valence electrons. The van der Waals surface area contributed by atoms with E-state index in [-0.39, 0.29) is 49.8 Å². The Bertz CT molecular complexity index is 4120. The summed E-state index contributed by atoms with van der Waals surface area (Å²) in [6.07, 6.45) is 1.70. The van der Waals surface area contributed by atoms with Gasteiger partial charge in [-0.2, -0.15) is 18.8 Å². The quantitative estimate of drug-likeness (QED) is 0.155.